The van der Waals surface area contributed by atoms with Gasteiger partial charge in [-0.2, -0.15) is 5.26 Å². The van der Waals surface area contributed by atoms with Crippen LogP contribution in [0.2, 0.25) is 5.02 Å². The number of methoxy groups -OCH3 is 3. The zero-order valence-corrected chi connectivity index (χ0v) is 23.5. The van der Waals surface area contributed by atoms with E-state index in [1.165, 1.54) is 39.5 Å². The van der Waals surface area contributed by atoms with Crippen molar-refractivity contribution in [2.24, 2.45) is 0 Å². The van der Waals surface area contributed by atoms with Crippen LogP contribution in [0.5, 0.6) is 23.0 Å². The number of benzene rings is 3. The van der Waals surface area contributed by atoms with E-state index >= 15 is 0 Å². The Labute approximate surface area is 230 Å². The van der Waals surface area contributed by atoms with Gasteiger partial charge in [-0.15, -0.1) is 0 Å². The summed E-state index contributed by atoms with van der Waals surface area (Å²) >= 11 is 13.0. The van der Waals surface area contributed by atoms with Gasteiger partial charge in [0.2, 0.25) is 0 Å². The SMILES string of the molecule is COc1cc(NC(=O)/C(C#N)=C/c2cc(Br)c(OCc3ccc(Br)cc3)c(OC)c2)c(OC)cc1Cl. The van der Waals surface area contributed by atoms with Crippen LogP contribution in [0.4, 0.5) is 5.69 Å². The van der Waals surface area contributed by atoms with E-state index in [4.69, 9.17) is 30.5 Å². The van der Waals surface area contributed by atoms with E-state index in [1.54, 1.807) is 12.1 Å². The van der Waals surface area contributed by atoms with Crippen molar-refractivity contribution in [2.75, 3.05) is 26.6 Å². The van der Waals surface area contributed by atoms with Crippen molar-refractivity contribution in [3.05, 3.63) is 79.2 Å². The number of carbonyl (C=O) groups excluding carboxylic acids is 1. The van der Waals surface area contributed by atoms with Gasteiger partial charge in [0.25, 0.3) is 5.91 Å². The van der Waals surface area contributed by atoms with Crippen molar-refractivity contribution in [3.63, 3.8) is 0 Å². The van der Waals surface area contributed by atoms with Crippen LogP contribution >= 0.6 is 43.5 Å². The third-order valence-corrected chi connectivity index (χ3v) is 6.36. The molecular formula is C26H21Br2ClN2O5. The third-order valence-electron chi connectivity index (χ3n) is 4.95. The van der Waals surface area contributed by atoms with Crippen molar-refractivity contribution < 1.29 is 23.7 Å². The molecule has 0 spiro atoms. The zero-order valence-electron chi connectivity index (χ0n) is 19.5. The van der Waals surface area contributed by atoms with E-state index in [0.29, 0.717) is 50.4 Å². The molecule has 1 N–H and O–H groups in total. The molecule has 0 radical (unpaired) electrons. The second-order valence-electron chi connectivity index (χ2n) is 7.26. The van der Waals surface area contributed by atoms with Gasteiger partial charge in [0, 0.05) is 16.6 Å². The topological polar surface area (TPSA) is 89.8 Å². The molecule has 0 saturated heterocycles. The summed E-state index contributed by atoms with van der Waals surface area (Å²) in [7, 11) is 4.41. The number of nitrogens with one attached hydrogen (secondary N) is 1. The van der Waals surface area contributed by atoms with Crippen LogP contribution in [-0.4, -0.2) is 27.2 Å². The van der Waals surface area contributed by atoms with Crippen molar-refractivity contribution in [2.45, 2.75) is 6.61 Å². The van der Waals surface area contributed by atoms with Crippen molar-refractivity contribution >= 4 is 61.1 Å². The first-order chi connectivity index (χ1) is 17.3. The van der Waals surface area contributed by atoms with Crippen LogP contribution in [0.3, 0.4) is 0 Å². The largest absolute Gasteiger partial charge is 0.495 e. The van der Waals surface area contributed by atoms with E-state index in [-0.39, 0.29) is 5.57 Å². The first-order valence-corrected chi connectivity index (χ1v) is 12.4. The number of halogens is 3. The molecular weight excluding hydrogens is 616 g/mol. The average molecular weight is 637 g/mol. The van der Waals surface area contributed by atoms with Crippen molar-refractivity contribution in [1.29, 1.82) is 5.26 Å². The first kappa shape index (κ1) is 27.4. The number of hydrogen-bond donors (Lipinski definition) is 1. The molecule has 0 aliphatic rings. The summed E-state index contributed by atoms with van der Waals surface area (Å²) < 4.78 is 23.5. The number of amides is 1. The van der Waals surface area contributed by atoms with E-state index in [0.717, 1.165) is 10.0 Å². The van der Waals surface area contributed by atoms with Gasteiger partial charge >= 0.3 is 0 Å². The highest BCUT2D eigenvalue weighted by Gasteiger charge is 2.17. The quantitative estimate of drug-likeness (QED) is 0.201. The number of rotatable bonds is 9. The molecule has 3 rings (SSSR count). The Morgan fingerprint density at radius 3 is 2.28 bits per heavy atom. The summed E-state index contributed by atoms with van der Waals surface area (Å²) in [4.78, 5) is 12.9. The number of carbonyl (C=O) groups is 1. The highest BCUT2D eigenvalue weighted by Crippen LogP contribution is 2.38. The monoisotopic (exact) mass is 634 g/mol. The number of hydrogen-bond acceptors (Lipinski definition) is 6. The summed E-state index contributed by atoms with van der Waals surface area (Å²) in [5.74, 6) is 0.977. The minimum absolute atomic E-state index is 0.136. The lowest BCUT2D eigenvalue weighted by Crippen LogP contribution is -2.14. The average Bonchev–Trinajstić information content (AvgIpc) is 2.87. The maximum atomic E-state index is 12.9. The van der Waals surface area contributed by atoms with Gasteiger partial charge in [0.05, 0.1) is 36.5 Å². The van der Waals surface area contributed by atoms with E-state index in [9.17, 15) is 10.1 Å². The highest BCUT2D eigenvalue weighted by atomic mass is 79.9. The normalized spacial score (nSPS) is 10.9. The molecule has 186 valence electrons. The second-order valence-corrected chi connectivity index (χ2v) is 9.44. The maximum Gasteiger partial charge on any atom is 0.266 e. The lowest BCUT2D eigenvalue weighted by atomic mass is 10.1. The van der Waals surface area contributed by atoms with Gasteiger partial charge in [-0.05, 0) is 57.4 Å². The van der Waals surface area contributed by atoms with Gasteiger partial charge in [-0.3, -0.25) is 4.79 Å². The molecule has 0 saturated carbocycles. The van der Waals surface area contributed by atoms with Crippen LogP contribution in [0.25, 0.3) is 6.08 Å². The maximum absolute atomic E-state index is 12.9. The van der Waals surface area contributed by atoms with Gasteiger partial charge in [0.1, 0.15) is 29.7 Å². The molecule has 0 unspecified atom stereocenters. The molecule has 0 atom stereocenters. The summed E-state index contributed by atoms with van der Waals surface area (Å²) in [5, 5.41) is 12.6. The van der Waals surface area contributed by atoms with Gasteiger partial charge in [0.15, 0.2) is 11.5 Å². The fraction of sp³-hybridized carbons (Fsp3) is 0.154. The molecule has 0 aliphatic heterocycles. The molecule has 3 aromatic rings. The Morgan fingerprint density at radius 2 is 1.67 bits per heavy atom. The molecule has 10 heteroatoms. The van der Waals surface area contributed by atoms with Crippen molar-refractivity contribution in [3.8, 4) is 29.1 Å². The molecule has 36 heavy (non-hydrogen) atoms. The molecule has 0 fully saturated rings. The molecule has 0 heterocycles. The Kier molecular flexibility index (Phi) is 9.65. The lowest BCUT2D eigenvalue weighted by molar-refractivity contribution is -0.112. The second kappa shape index (κ2) is 12.7. The Hall–Kier alpha value is -3.19. The summed E-state index contributed by atoms with van der Waals surface area (Å²) in [5.41, 5.74) is 1.71. The molecule has 0 bridgehead atoms. The Bertz CT molecular complexity index is 1340. The lowest BCUT2D eigenvalue weighted by Gasteiger charge is -2.14. The van der Waals surface area contributed by atoms with Crippen LogP contribution in [0.1, 0.15) is 11.1 Å². The summed E-state index contributed by atoms with van der Waals surface area (Å²) in [6, 6.07) is 16.1. The van der Waals surface area contributed by atoms with Crippen LogP contribution in [-0.2, 0) is 11.4 Å². The van der Waals surface area contributed by atoms with Crippen LogP contribution in [0, 0.1) is 11.3 Å². The fourth-order valence-electron chi connectivity index (χ4n) is 3.16. The minimum Gasteiger partial charge on any atom is -0.495 e. The van der Waals surface area contributed by atoms with Gasteiger partial charge in [-0.1, -0.05) is 39.7 Å². The first-order valence-electron chi connectivity index (χ1n) is 10.4. The molecule has 0 aliphatic carbocycles. The number of nitriles is 1. The standard InChI is InChI=1S/C26H21Br2ClN2O5/c1-33-22-12-21(23(34-2)11-20(22)29)31-26(32)17(13-30)8-16-9-19(28)25(24(10-16)35-3)36-14-15-4-6-18(27)7-5-15/h4-12H,14H2,1-3H3,(H,31,32)/b17-8+. The van der Waals surface area contributed by atoms with E-state index in [1.807, 2.05) is 30.3 Å². The third kappa shape index (κ3) is 6.72. The zero-order chi connectivity index (χ0) is 26.2. The Morgan fingerprint density at radius 1 is 1.00 bits per heavy atom. The smallest absolute Gasteiger partial charge is 0.266 e. The molecule has 1 amide bonds. The number of anilines is 1. The molecule has 7 nitrogen and oxygen atoms in total. The molecule has 0 aromatic heterocycles. The van der Waals surface area contributed by atoms with Gasteiger partial charge in [-0.25, -0.2) is 0 Å². The summed E-state index contributed by atoms with van der Waals surface area (Å²) in [6.07, 6.45) is 1.45. The number of ether oxygens (including phenoxy) is 4. The summed E-state index contributed by atoms with van der Waals surface area (Å²) in [6.45, 7) is 0.329. The van der Waals surface area contributed by atoms with Crippen molar-refractivity contribution in [1.82, 2.24) is 0 Å². The number of nitrogens with zero attached hydrogens (tertiary/aromatic N) is 1. The Balaban J connectivity index is 1.85. The van der Waals surface area contributed by atoms with Gasteiger partial charge < -0.3 is 24.3 Å². The van der Waals surface area contributed by atoms with Crippen LogP contribution < -0.4 is 24.3 Å². The fourth-order valence-corrected chi connectivity index (χ4v) is 4.23. The van der Waals surface area contributed by atoms with Crippen LogP contribution in [0.15, 0.2) is 63.0 Å². The predicted molar refractivity (Wildman–Crippen MR) is 146 cm³/mol. The minimum atomic E-state index is -0.633. The highest BCUT2D eigenvalue weighted by molar-refractivity contribution is 9.10. The van der Waals surface area contributed by atoms with E-state index in [2.05, 4.69) is 37.2 Å². The predicted octanol–water partition coefficient (Wildman–Crippen LogP) is 7.02. The molecule has 3 aromatic carbocycles. The van der Waals surface area contributed by atoms with E-state index < -0.39 is 5.91 Å².